The van der Waals surface area contributed by atoms with Gasteiger partial charge in [0.05, 0.1) is 5.54 Å². The summed E-state index contributed by atoms with van der Waals surface area (Å²) in [6.45, 7) is 15.2. The summed E-state index contributed by atoms with van der Waals surface area (Å²) in [5.41, 5.74) is 2.96. The lowest BCUT2D eigenvalue weighted by atomic mass is 10.0. The number of ether oxygens (including phenoxy) is 1. The smallest absolute Gasteiger partial charge is 0.408 e. The highest BCUT2D eigenvalue weighted by Gasteiger charge is 2.24. The largest absolute Gasteiger partial charge is 0.444 e. The molecule has 2 N–H and O–H groups in total. The summed E-state index contributed by atoms with van der Waals surface area (Å²) in [6, 6.07) is 6.44. The molecule has 0 bridgehead atoms. The van der Waals surface area contributed by atoms with Crippen molar-refractivity contribution in [1.29, 1.82) is 0 Å². The summed E-state index contributed by atoms with van der Waals surface area (Å²) in [5, 5.41) is 6.31. The van der Waals surface area contributed by atoms with Crippen molar-refractivity contribution in [2.24, 2.45) is 0 Å². The van der Waals surface area contributed by atoms with Gasteiger partial charge < -0.3 is 15.4 Å². The van der Waals surface area contributed by atoms with Gasteiger partial charge in [-0.1, -0.05) is 23.8 Å². The number of alkyl carbamates (subject to hydrolysis) is 1. The Kier molecular flexibility index (Phi) is 6.00. The Balaban J connectivity index is 2.48. The van der Waals surface area contributed by atoms with Crippen LogP contribution in [0.25, 0.3) is 0 Å². The molecule has 0 heterocycles. The molecular formula is C18H30N2O2. The van der Waals surface area contributed by atoms with E-state index in [0.717, 1.165) is 6.54 Å². The molecule has 22 heavy (non-hydrogen) atoms. The van der Waals surface area contributed by atoms with Gasteiger partial charge in [-0.3, -0.25) is 0 Å². The van der Waals surface area contributed by atoms with E-state index in [2.05, 4.69) is 42.7 Å². The summed E-state index contributed by atoms with van der Waals surface area (Å²) in [6.07, 6.45) is -0.383. The minimum atomic E-state index is -0.480. The molecular weight excluding hydrogens is 276 g/mol. The highest BCUT2D eigenvalue weighted by atomic mass is 16.6. The maximum absolute atomic E-state index is 11.8. The van der Waals surface area contributed by atoms with Crippen molar-refractivity contribution in [3.8, 4) is 0 Å². The Bertz CT molecular complexity index is 516. The first kappa shape index (κ1) is 18.5. The monoisotopic (exact) mass is 306 g/mol. The third-order valence-electron chi connectivity index (χ3n) is 3.23. The Labute approximate surface area is 134 Å². The van der Waals surface area contributed by atoms with Crippen molar-refractivity contribution in [2.75, 3.05) is 6.54 Å². The van der Waals surface area contributed by atoms with E-state index in [1.165, 1.54) is 16.7 Å². The van der Waals surface area contributed by atoms with E-state index < -0.39 is 5.60 Å². The molecule has 0 saturated heterocycles. The molecule has 1 amide bonds. The van der Waals surface area contributed by atoms with Crippen LogP contribution in [-0.4, -0.2) is 23.8 Å². The number of carbonyl (C=O) groups is 1. The van der Waals surface area contributed by atoms with Crippen LogP contribution in [0.15, 0.2) is 18.2 Å². The highest BCUT2D eigenvalue weighted by molar-refractivity contribution is 5.68. The number of benzene rings is 1. The number of aryl methyl sites for hydroxylation is 2. The zero-order valence-corrected chi connectivity index (χ0v) is 15.0. The molecule has 1 aromatic rings. The molecule has 0 unspecified atom stereocenters. The van der Waals surface area contributed by atoms with Gasteiger partial charge in [0.15, 0.2) is 0 Å². The molecule has 0 atom stereocenters. The first-order chi connectivity index (χ1) is 9.98. The first-order valence-corrected chi connectivity index (χ1v) is 7.76. The van der Waals surface area contributed by atoms with Gasteiger partial charge in [-0.05, 0) is 59.6 Å². The van der Waals surface area contributed by atoms with E-state index in [1.807, 2.05) is 34.6 Å². The number of hydrogen-bond acceptors (Lipinski definition) is 3. The molecule has 0 aliphatic rings. The minimum Gasteiger partial charge on any atom is -0.444 e. The van der Waals surface area contributed by atoms with Crippen molar-refractivity contribution in [3.05, 3.63) is 34.9 Å². The lowest BCUT2D eigenvalue weighted by Gasteiger charge is -2.29. The maximum Gasteiger partial charge on any atom is 0.408 e. The number of hydrogen-bond donors (Lipinski definition) is 2. The van der Waals surface area contributed by atoms with Gasteiger partial charge in [0.1, 0.15) is 5.60 Å². The van der Waals surface area contributed by atoms with Crippen LogP contribution in [0.2, 0.25) is 0 Å². The second-order valence-corrected chi connectivity index (χ2v) is 7.54. The van der Waals surface area contributed by atoms with Crippen molar-refractivity contribution >= 4 is 6.09 Å². The molecule has 1 rings (SSSR count). The predicted octanol–water partition coefficient (Wildman–Crippen LogP) is 3.70. The summed E-state index contributed by atoms with van der Waals surface area (Å²) >= 11 is 0. The summed E-state index contributed by atoms with van der Waals surface area (Å²) in [7, 11) is 0. The molecule has 0 aromatic heterocycles. The van der Waals surface area contributed by atoms with Gasteiger partial charge in [0, 0.05) is 13.1 Å². The maximum atomic E-state index is 11.8. The molecule has 1 aromatic carbocycles. The molecule has 0 fully saturated rings. The van der Waals surface area contributed by atoms with Crippen LogP contribution in [0.4, 0.5) is 4.79 Å². The third kappa shape index (κ3) is 6.94. The Morgan fingerprint density at radius 2 is 1.77 bits per heavy atom. The third-order valence-corrected chi connectivity index (χ3v) is 3.23. The van der Waals surface area contributed by atoms with E-state index in [9.17, 15) is 4.79 Å². The fourth-order valence-electron chi connectivity index (χ4n) is 2.12. The lowest BCUT2D eigenvalue weighted by molar-refractivity contribution is 0.0472. The van der Waals surface area contributed by atoms with E-state index in [-0.39, 0.29) is 11.6 Å². The summed E-state index contributed by atoms with van der Waals surface area (Å²) in [5.74, 6) is 0. The SMILES string of the molecule is Cc1ccc(C)c(CNCC(C)(C)NC(=O)OC(C)(C)C)c1. The summed E-state index contributed by atoms with van der Waals surface area (Å²) < 4.78 is 5.30. The minimum absolute atomic E-state index is 0.375. The van der Waals surface area contributed by atoms with Crippen molar-refractivity contribution in [3.63, 3.8) is 0 Å². The molecule has 0 spiro atoms. The van der Waals surface area contributed by atoms with Gasteiger partial charge >= 0.3 is 6.09 Å². The van der Waals surface area contributed by atoms with Gasteiger partial charge in [0.25, 0.3) is 0 Å². The van der Waals surface area contributed by atoms with Crippen LogP contribution >= 0.6 is 0 Å². The number of rotatable bonds is 5. The van der Waals surface area contributed by atoms with Gasteiger partial charge in [0.2, 0.25) is 0 Å². The zero-order chi connectivity index (χ0) is 17.0. The molecule has 0 aliphatic heterocycles. The van der Waals surface area contributed by atoms with E-state index in [1.54, 1.807) is 0 Å². The normalized spacial score (nSPS) is 12.1. The van der Waals surface area contributed by atoms with Crippen molar-refractivity contribution < 1.29 is 9.53 Å². The van der Waals surface area contributed by atoms with Gasteiger partial charge in [-0.25, -0.2) is 4.79 Å². The van der Waals surface area contributed by atoms with Crippen molar-refractivity contribution in [2.45, 2.75) is 66.2 Å². The van der Waals surface area contributed by atoms with E-state index in [0.29, 0.717) is 6.54 Å². The second-order valence-electron chi connectivity index (χ2n) is 7.54. The van der Waals surface area contributed by atoms with E-state index in [4.69, 9.17) is 4.74 Å². The molecule has 0 radical (unpaired) electrons. The number of carbonyl (C=O) groups excluding carboxylic acids is 1. The number of nitrogens with one attached hydrogen (secondary N) is 2. The van der Waals surface area contributed by atoms with Crippen LogP contribution in [0.1, 0.15) is 51.3 Å². The van der Waals surface area contributed by atoms with Crippen LogP contribution in [0.3, 0.4) is 0 Å². The summed E-state index contributed by atoms with van der Waals surface area (Å²) in [4.78, 5) is 11.8. The van der Waals surface area contributed by atoms with Crippen LogP contribution in [-0.2, 0) is 11.3 Å². The second kappa shape index (κ2) is 7.14. The van der Waals surface area contributed by atoms with Crippen LogP contribution < -0.4 is 10.6 Å². The van der Waals surface area contributed by atoms with Crippen molar-refractivity contribution in [1.82, 2.24) is 10.6 Å². The Morgan fingerprint density at radius 1 is 1.14 bits per heavy atom. The first-order valence-electron chi connectivity index (χ1n) is 7.76. The predicted molar refractivity (Wildman–Crippen MR) is 91.1 cm³/mol. The van der Waals surface area contributed by atoms with Gasteiger partial charge in [-0.15, -0.1) is 0 Å². The molecule has 124 valence electrons. The fraction of sp³-hybridized carbons (Fsp3) is 0.611. The highest BCUT2D eigenvalue weighted by Crippen LogP contribution is 2.12. The van der Waals surface area contributed by atoms with Crippen LogP contribution in [0, 0.1) is 13.8 Å². The fourth-order valence-corrected chi connectivity index (χ4v) is 2.12. The molecule has 0 aliphatic carbocycles. The average molecular weight is 306 g/mol. The molecule has 4 nitrogen and oxygen atoms in total. The Hall–Kier alpha value is -1.55. The lowest BCUT2D eigenvalue weighted by Crippen LogP contribution is -2.51. The quantitative estimate of drug-likeness (QED) is 0.872. The average Bonchev–Trinajstić information content (AvgIpc) is 2.30. The van der Waals surface area contributed by atoms with E-state index >= 15 is 0 Å². The Morgan fingerprint density at radius 3 is 2.36 bits per heavy atom. The molecule has 0 saturated carbocycles. The zero-order valence-electron chi connectivity index (χ0n) is 15.0. The van der Waals surface area contributed by atoms with Gasteiger partial charge in [-0.2, -0.15) is 0 Å². The number of amides is 1. The topological polar surface area (TPSA) is 50.4 Å². The standard InChI is InChI=1S/C18H30N2O2/c1-13-8-9-14(2)15(10-13)11-19-12-18(6,7)20-16(21)22-17(3,4)5/h8-10,19H,11-12H2,1-7H3,(H,20,21). The molecule has 4 heteroatoms. The van der Waals surface area contributed by atoms with Crippen LogP contribution in [0.5, 0.6) is 0 Å².